The van der Waals surface area contributed by atoms with E-state index in [-0.39, 0.29) is 0 Å². The van der Waals surface area contributed by atoms with E-state index < -0.39 is 0 Å². The first-order chi connectivity index (χ1) is 6.18. The van der Waals surface area contributed by atoms with E-state index in [1.165, 1.54) is 13.1 Å². The van der Waals surface area contributed by atoms with Crippen molar-refractivity contribution in [3.05, 3.63) is 0 Å². The molecular weight excluding hydrogens is 162 g/mol. The molecule has 1 aliphatic heterocycles. The highest BCUT2D eigenvalue weighted by Crippen LogP contribution is 1.95. The second-order valence-corrected chi connectivity index (χ2v) is 4.47. The molecule has 0 aromatic carbocycles. The van der Waals surface area contributed by atoms with Crippen LogP contribution in [-0.2, 0) is 0 Å². The lowest BCUT2D eigenvalue weighted by molar-refractivity contribution is 0.234. The number of piperazine rings is 1. The maximum atomic E-state index is 3.52. The predicted molar refractivity (Wildman–Crippen MR) is 57.0 cm³/mol. The summed E-state index contributed by atoms with van der Waals surface area (Å²) in [6.07, 6.45) is 0. The van der Waals surface area contributed by atoms with Gasteiger partial charge in [-0.25, -0.2) is 0 Å². The van der Waals surface area contributed by atoms with Crippen LogP contribution in [0.4, 0.5) is 0 Å². The molecule has 0 spiro atoms. The monoisotopic (exact) mass is 185 g/mol. The zero-order valence-corrected chi connectivity index (χ0v) is 9.14. The Hall–Kier alpha value is -0.120. The van der Waals surface area contributed by atoms with Crippen LogP contribution in [0.1, 0.15) is 13.8 Å². The van der Waals surface area contributed by atoms with Crippen molar-refractivity contribution in [2.75, 3.05) is 39.8 Å². The lowest BCUT2D eigenvalue weighted by Crippen LogP contribution is -2.53. The molecule has 1 unspecified atom stereocenters. The number of hydrogen-bond acceptors (Lipinski definition) is 3. The van der Waals surface area contributed by atoms with Crippen molar-refractivity contribution in [1.29, 1.82) is 0 Å². The Morgan fingerprint density at radius 2 is 2.31 bits per heavy atom. The van der Waals surface area contributed by atoms with E-state index in [9.17, 15) is 0 Å². The minimum atomic E-state index is 0.637. The zero-order chi connectivity index (χ0) is 9.68. The Kier molecular flexibility index (Phi) is 4.70. The third kappa shape index (κ3) is 4.60. The Morgan fingerprint density at radius 3 is 2.92 bits per heavy atom. The van der Waals surface area contributed by atoms with Crippen LogP contribution in [0.15, 0.2) is 0 Å². The Bertz CT molecular complexity index is 136. The molecule has 0 aromatic rings. The third-order valence-corrected chi connectivity index (χ3v) is 2.40. The molecule has 0 radical (unpaired) electrons. The molecule has 78 valence electrons. The summed E-state index contributed by atoms with van der Waals surface area (Å²) < 4.78 is 0. The number of rotatable bonds is 4. The van der Waals surface area contributed by atoms with Crippen LogP contribution in [0, 0.1) is 5.92 Å². The fourth-order valence-corrected chi connectivity index (χ4v) is 1.67. The van der Waals surface area contributed by atoms with Gasteiger partial charge in [0.1, 0.15) is 0 Å². The lowest BCUT2D eigenvalue weighted by atomic mass is 10.2. The van der Waals surface area contributed by atoms with Crippen LogP contribution >= 0.6 is 0 Å². The number of nitrogens with one attached hydrogen (secondary N) is 2. The topological polar surface area (TPSA) is 27.3 Å². The normalized spacial score (nSPS) is 25.4. The quantitative estimate of drug-likeness (QED) is 0.652. The second-order valence-electron chi connectivity index (χ2n) is 4.47. The van der Waals surface area contributed by atoms with Crippen molar-refractivity contribution in [1.82, 2.24) is 15.5 Å². The molecule has 0 amide bonds. The first-order valence-electron chi connectivity index (χ1n) is 5.31. The van der Waals surface area contributed by atoms with Crippen molar-refractivity contribution in [2.45, 2.75) is 19.9 Å². The van der Waals surface area contributed by atoms with Crippen molar-refractivity contribution in [3.8, 4) is 0 Å². The van der Waals surface area contributed by atoms with Gasteiger partial charge in [0.15, 0.2) is 0 Å². The SMILES string of the molecule is CC(C)CNCC1CN(C)CCN1. The lowest BCUT2D eigenvalue weighted by Gasteiger charge is -2.31. The fraction of sp³-hybridized carbons (Fsp3) is 1.00. The van der Waals surface area contributed by atoms with E-state index in [2.05, 4.69) is 36.4 Å². The second kappa shape index (κ2) is 5.58. The van der Waals surface area contributed by atoms with Gasteiger partial charge in [-0.05, 0) is 19.5 Å². The van der Waals surface area contributed by atoms with Gasteiger partial charge >= 0.3 is 0 Å². The molecule has 1 rings (SSSR count). The minimum absolute atomic E-state index is 0.637. The summed E-state index contributed by atoms with van der Waals surface area (Å²) in [6.45, 7) is 10.2. The van der Waals surface area contributed by atoms with Crippen molar-refractivity contribution in [2.24, 2.45) is 5.92 Å². The standard InChI is InChI=1S/C10H23N3/c1-9(2)6-11-7-10-8-13(3)5-4-12-10/h9-12H,4-8H2,1-3H3. The Balaban J connectivity index is 2.06. The zero-order valence-electron chi connectivity index (χ0n) is 9.14. The molecule has 1 atom stereocenters. The Labute approximate surface area is 81.9 Å². The highest BCUT2D eigenvalue weighted by molar-refractivity contribution is 4.78. The molecule has 1 fully saturated rings. The highest BCUT2D eigenvalue weighted by Gasteiger charge is 2.15. The predicted octanol–water partition coefficient (Wildman–Crippen LogP) is 0.136. The van der Waals surface area contributed by atoms with Crippen LogP contribution in [0.2, 0.25) is 0 Å². The van der Waals surface area contributed by atoms with Gasteiger partial charge in [0.25, 0.3) is 0 Å². The summed E-state index contributed by atoms with van der Waals surface area (Å²) >= 11 is 0. The van der Waals surface area contributed by atoms with Crippen molar-refractivity contribution >= 4 is 0 Å². The smallest absolute Gasteiger partial charge is 0.0320 e. The van der Waals surface area contributed by atoms with E-state index in [4.69, 9.17) is 0 Å². The molecule has 3 heteroatoms. The molecule has 0 aliphatic carbocycles. The molecular formula is C10H23N3. The summed E-state index contributed by atoms with van der Waals surface area (Å²) in [7, 11) is 2.19. The minimum Gasteiger partial charge on any atom is -0.315 e. The van der Waals surface area contributed by atoms with Gasteiger partial charge < -0.3 is 15.5 Å². The van der Waals surface area contributed by atoms with Gasteiger partial charge in [-0.2, -0.15) is 0 Å². The van der Waals surface area contributed by atoms with E-state index in [0.29, 0.717) is 6.04 Å². The van der Waals surface area contributed by atoms with Gasteiger partial charge in [0.2, 0.25) is 0 Å². The third-order valence-electron chi connectivity index (χ3n) is 2.40. The fourth-order valence-electron chi connectivity index (χ4n) is 1.67. The average Bonchev–Trinajstić information content (AvgIpc) is 2.03. The average molecular weight is 185 g/mol. The summed E-state index contributed by atoms with van der Waals surface area (Å²) in [4.78, 5) is 2.39. The Morgan fingerprint density at radius 1 is 1.54 bits per heavy atom. The summed E-state index contributed by atoms with van der Waals surface area (Å²) in [5.41, 5.74) is 0. The highest BCUT2D eigenvalue weighted by atomic mass is 15.2. The van der Waals surface area contributed by atoms with Crippen LogP contribution in [0.5, 0.6) is 0 Å². The van der Waals surface area contributed by atoms with Gasteiger partial charge in [-0.1, -0.05) is 13.8 Å². The molecule has 1 aliphatic rings. The number of likely N-dealkylation sites (N-methyl/N-ethyl adjacent to an activating group) is 1. The maximum Gasteiger partial charge on any atom is 0.0320 e. The maximum absolute atomic E-state index is 3.52. The number of nitrogens with zero attached hydrogens (tertiary/aromatic N) is 1. The van der Waals surface area contributed by atoms with E-state index in [1.54, 1.807) is 0 Å². The van der Waals surface area contributed by atoms with Crippen LogP contribution < -0.4 is 10.6 Å². The molecule has 1 saturated heterocycles. The van der Waals surface area contributed by atoms with Crippen LogP contribution in [0.3, 0.4) is 0 Å². The van der Waals surface area contributed by atoms with Gasteiger partial charge in [0, 0.05) is 32.2 Å². The van der Waals surface area contributed by atoms with Crippen molar-refractivity contribution < 1.29 is 0 Å². The molecule has 2 N–H and O–H groups in total. The molecule has 0 saturated carbocycles. The van der Waals surface area contributed by atoms with E-state index in [0.717, 1.165) is 25.6 Å². The summed E-state index contributed by atoms with van der Waals surface area (Å²) in [6, 6.07) is 0.637. The summed E-state index contributed by atoms with van der Waals surface area (Å²) in [5.74, 6) is 0.751. The summed E-state index contributed by atoms with van der Waals surface area (Å²) in [5, 5.41) is 7.00. The van der Waals surface area contributed by atoms with E-state index >= 15 is 0 Å². The van der Waals surface area contributed by atoms with Gasteiger partial charge in [-0.15, -0.1) is 0 Å². The first kappa shape index (κ1) is 11.0. The molecule has 0 aromatic heterocycles. The number of hydrogen-bond donors (Lipinski definition) is 2. The molecule has 1 heterocycles. The largest absolute Gasteiger partial charge is 0.315 e. The molecule has 13 heavy (non-hydrogen) atoms. The van der Waals surface area contributed by atoms with E-state index in [1.807, 2.05) is 0 Å². The van der Waals surface area contributed by atoms with Gasteiger partial charge in [0.05, 0.1) is 0 Å². The first-order valence-corrected chi connectivity index (χ1v) is 5.31. The molecule has 0 bridgehead atoms. The molecule has 3 nitrogen and oxygen atoms in total. The van der Waals surface area contributed by atoms with Crippen LogP contribution in [0.25, 0.3) is 0 Å². The van der Waals surface area contributed by atoms with Crippen molar-refractivity contribution in [3.63, 3.8) is 0 Å². The van der Waals surface area contributed by atoms with Gasteiger partial charge in [-0.3, -0.25) is 0 Å². The van der Waals surface area contributed by atoms with Crippen LogP contribution in [-0.4, -0.2) is 50.7 Å².